The molecule has 1 unspecified atom stereocenters. The first-order valence-corrected chi connectivity index (χ1v) is 13.4. The lowest BCUT2D eigenvalue weighted by atomic mass is 10.2. The molecule has 0 aliphatic rings. The fourth-order valence-corrected chi connectivity index (χ4v) is 4.83. The molecule has 0 saturated carbocycles. The van der Waals surface area contributed by atoms with Crippen LogP contribution in [0.15, 0.2) is 77.6 Å². The maximum Gasteiger partial charge on any atom is 0.275 e. The number of thiazole rings is 1. The van der Waals surface area contributed by atoms with E-state index in [1.54, 1.807) is 65.5 Å². The van der Waals surface area contributed by atoms with Gasteiger partial charge in [0.25, 0.3) is 5.91 Å². The number of nitrogens with one attached hydrogen (secondary N) is 2. The molecule has 2 N–H and O–H groups in total. The van der Waals surface area contributed by atoms with E-state index in [1.165, 1.54) is 31.6 Å². The van der Waals surface area contributed by atoms with Crippen LogP contribution in [0.4, 0.5) is 28.7 Å². The minimum Gasteiger partial charge on any atom is -0.755 e. The Balaban J connectivity index is 1.59. The van der Waals surface area contributed by atoms with Gasteiger partial charge in [0.05, 0.1) is 47.7 Å². The van der Waals surface area contributed by atoms with Crippen molar-refractivity contribution >= 4 is 68.2 Å². The van der Waals surface area contributed by atoms with Gasteiger partial charge < -0.3 is 24.7 Å². The fourth-order valence-electron chi connectivity index (χ4n) is 3.74. The van der Waals surface area contributed by atoms with Crippen LogP contribution >= 0.6 is 11.3 Å². The minimum absolute atomic E-state index is 0.0202. The summed E-state index contributed by atoms with van der Waals surface area (Å²) in [6.45, 7) is 0. The van der Waals surface area contributed by atoms with E-state index in [4.69, 9.17) is 9.47 Å². The number of amides is 1. The molecule has 0 spiro atoms. The summed E-state index contributed by atoms with van der Waals surface area (Å²) in [6.07, 6.45) is 0. The van der Waals surface area contributed by atoms with Crippen LogP contribution < -0.4 is 24.4 Å². The Morgan fingerprint density at radius 1 is 0.949 bits per heavy atom. The van der Waals surface area contributed by atoms with Crippen LogP contribution in [0.2, 0.25) is 0 Å². The highest BCUT2D eigenvalue weighted by Gasteiger charge is 2.21. The topological polar surface area (TPSA) is 142 Å². The molecule has 0 saturated heterocycles. The molecule has 13 heteroatoms. The molecule has 2 aromatic heterocycles. The molecule has 198 valence electrons. The molecule has 39 heavy (non-hydrogen) atoms. The lowest BCUT2D eigenvalue weighted by Crippen LogP contribution is -2.23. The molecule has 5 rings (SSSR count). The molecule has 0 radical (unpaired) electrons. The third-order valence-electron chi connectivity index (χ3n) is 5.51. The van der Waals surface area contributed by atoms with E-state index >= 15 is 0 Å². The molecular weight excluding hydrogens is 540 g/mol. The summed E-state index contributed by atoms with van der Waals surface area (Å²) in [5, 5.41) is 7.52. The van der Waals surface area contributed by atoms with E-state index < -0.39 is 17.2 Å². The van der Waals surface area contributed by atoms with E-state index in [0.717, 1.165) is 4.31 Å². The average molecular weight is 562 g/mol. The number of methoxy groups -OCH3 is 2. The highest BCUT2D eigenvalue weighted by molar-refractivity contribution is 7.81. The van der Waals surface area contributed by atoms with Gasteiger partial charge in [-0.3, -0.25) is 13.3 Å². The van der Waals surface area contributed by atoms with Gasteiger partial charge in [0.15, 0.2) is 11.6 Å². The number of fused-ring (bicyclic) bond motifs is 1. The number of carbonyl (C=O) groups excluding carboxylic acids is 1. The number of anilines is 5. The summed E-state index contributed by atoms with van der Waals surface area (Å²) in [4.78, 5) is 25.8. The number of hydrogen-bond acceptors (Lipinski definition) is 10. The summed E-state index contributed by atoms with van der Waals surface area (Å²) in [7, 11) is 3.06. The van der Waals surface area contributed by atoms with Gasteiger partial charge in [-0.05, 0) is 30.3 Å². The van der Waals surface area contributed by atoms with Crippen molar-refractivity contribution in [3.63, 3.8) is 0 Å². The summed E-state index contributed by atoms with van der Waals surface area (Å²) in [5.41, 5.74) is 4.01. The number of rotatable bonds is 9. The zero-order valence-corrected chi connectivity index (χ0v) is 22.3. The Bertz CT molecular complexity index is 1640. The SMILES string of the molecule is COc1cc(Nc2nc3ccccc3nc2N(c2cccc(NC(=O)c3cscn3)c2)S(=O)[O-])cc(OC)c1. The van der Waals surface area contributed by atoms with Crippen LogP contribution in [0.1, 0.15) is 10.5 Å². The van der Waals surface area contributed by atoms with Crippen LogP contribution in [-0.2, 0) is 11.3 Å². The van der Waals surface area contributed by atoms with Gasteiger partial charge in [0, 0.05) is 35.0 Å². The molecular formula is C26H21N6O5S2-. The first kappa shape index (κ1) is 26.0. The molecule has 0 aliphatic heterocycles. The van der Waals surface area contributed by atoms with Crippen molar-refractivity contribution < 1.29 is 23.0 Å². The van der Waals surface area contributed by atoms with Crippen molar-refractivity contribution in [3.05, 3.63) is 83.3 Å². The van der Waals surface area contributed by atoms with E-state index in [2.05, 4.69) is 25.6 Å². The zero-order valence-electron chi connectivity index (χ0n) is 20.7. The van der Waals surface area contributed by atoms with Crippen LogP contribution in [-0.4, -0.2) is 43.8 Å². The number of benzene rings is 3. The Labute approximate surface area is 229 Å². The predicted molar refractivity (Wildman–Crippen MR) is 150 cm³/mol. The van der Waals surface area contributed by atoms with Gasteiger partial charge >= 0.3 is 0 Å². The van der Waals surface area contributed by atoms with Crippen LogP contribution in [0.25, 0.3) is 11.0 Å². The Morgan fingerprint density at radius 2 is 1.67 bits per heavy atom. The number of nitrogens with zero attached hydrogens (tertiary/aromatic N) is 4. The second-order valence-electron chi connectivity index (χ2n) is 8.00. The van der Waals surface area contributed by atoms with Crippen molar-refractivity contribution in [2.75, 3.05) is 29.2 Å². The minimum atomic E-state index is -2.81. The predicted octanol–water partition coefficient (Wildman–Crippen LogP) is 5.03. The van der Waals surface area contributed by atoms with Crippen molar-refractivity contribution in [1.82, 2.24) is 15.0 Å². The molecule has 11 nitrogen and oxygen atoms in total. The van der Waals surface area contributed by atoms with Gasteiger partial charge in [-0.2, -0.15) is 0 Å². The third kappa shape index (κ3) is 5.80. The van der Waals surface area contributed by atoms with Crippen molar-refractivity contribution in [2.24, 2.45) is 0 Å². The Hall–Kier alpha value is -4.59. The summed E-state index contributed by atoms with van der Waals surface area (Å²) in [6, 6.07) is 18.6. The fraction of sp³-hybridized carbons (Fsp3) is 0.0769. The Morgan fingerprint density at radius 3 is 2.31 bits per heavy atom. The zero-order chi connectivity index (χ0) is 27.4. The number of hydrogen-bond donors (Lipinski definition) is 2. The van der Waals surface area contributed by atoms with Crippen molar-refractivity contribution in [2.45, 2.75) is 0 Å². The van der Waals surface area contributed by atoms with E-state index in [0.29, 0.717) is 33.9 Å². The monoisotopic (exact) mass is 561 g/mol. The molecule has 2 heterocycles. The van der Waals surface area contributed by atoms with Gasteiger partial charge in [0.1, 0.15) is 17.2 Å². The van der Waals surface area contributed by atoms with E-state index in [9.17, 15) is 13.6 Å². The van der Waals surface area contributed by atoms with E-state index in [-0.39, 0.29) is 23.0 Å². The molecule has 1 atom stereocenters. The smallest absolute Gasteiger partial charge is 0.275 e. The van der Waals surface area contributed by atoms with Crippen molar-refractivity contribution in [1.29, 1.82) is 0 Å². The number of ether oxygens (including phenoxy) is 2. The second-order valence-corrected chi connectivity index (χ2v) is 9.52. The number of aromatic nitrogens is 3. The molecule has 0 fully saturated rings. The van der Waals surface area contributed by atoms with Gasteiger partial charge in [-0.15, -0.1) is 11.3 Å². The molecule has 5 aromatic rings. The van der Waals surface area contributed by atoms with E-state index in [1.807, 2.05) is 6.07 Å². The van der Waals surface area contributed by atoms with Gasteiger partial charge in [-0.1, -0.05) is 18.2 Å². The normalized spacial score (nSPS) is 11.6. The average Bonchev–Trinajstić information content (AvgIpc) is 3.49. The number of para-hydroxylation sites is 2. The first-order chi connectivity index (χ1) is 18.9. The third-order valence-corrected chi connectivity index (χ3v) is 6.78. The van der Waals surface area contributed by atoms with Crippen LogP contribution in [0.5, 0.6) is 11.5 Å². The van der Waals surface area contributed by atoms with Gasteiger partial charge in [-0.25, -0.2) is 15.0 Å². The van der Waals surface area contributed by atoms with Crippen LogP contribution in [0, 0.1) is 0 Å². The summed E-state index contributed by atoms with van der Waals surface area (Å²) in [5.74, 6) is 0.833. The molecule has 3 aromatic carbocycles. The lowest BCUT2D eigenvalue weighted by Gasteiger charge is -2.27. The first-order valence-electron chi connectivity index (χ1n) is 11.4. The highest BCUT2D eigenvalue weighted by Crippen LogP contribution is 2.36. The second kappa shape index (κ2) is 11.4. The standard InChI is InChI=1S/C26H22N6O5S2/c1-36-19-11-17(12-20(13-19)37-2)28-24-25(31-22-9-4-3-8-21(22)30-24)32(39(34)35)18-7-5-6-16(10-18)29-26(33)23-14-38-15-27-23/h3-15H,1-2H3,(H,28,30)(H,29,33)(H,34,35)/p-1. The molecule has 1 amide bonds. The Kier molecular flexibility index (Phi) is 7.63. The highest BCUT2D eigenvalue weighted by atomic mass is 32.2. The van der Waals surface area contributed by atoms with Crippen molar-refractivity contribution in [3.8, 4) is 11.5 Å². The summed E-state index contributed by atoms with van der Waals surface area (Å²) >= 11 is -1.52. The quantitative estimate of drug-likeness (QED) is 0.237. The number of carbonyl (C=O) groups is 1. The van der Waals surface area contributed by atoms with Crippen LogP contribution in [0.3, 0.4) is 0 Å². The molecule has 0 bridgehead atoms. The van der Waals surface area contributed by atoms with Gasteiger partial charge in [0.2, 0.25) is 0 Å². The maximum atomic E-state index is 12.7. The lowest BCUT2D eigenvalue weighted by molar-refractivity contribution is 0.102. The molecule has 0 aliphatic carbocycles. The maximum absolute atomic E-state index is 12.7. The largest absolute Gasteiger partial charge is 0.755 e. The summed E-state index contributed by atoms with van der Waals surface area (Å²) < 4.78 is 37.0.